The molecular formula is C10H16N2O2. The van der Waals surface area contributed by atoms with Crippen LogP contribution in [0, 0.1) is 0 Å². The van der Waals surface area contributed by atoms with E-state index in [1.807, 2.05) is 25.4 Å². The van der Waals surface area contributed by atoms with Gasteiger partial charge in [-0.2, -0.15) is 0 Å². The number of aliphatic carboxylic acids is 1. The Balaban J connectivity index is 2.16. The van der Waals surface area contributed by atoms with Gasteiger partial charge in [-0.05, 0) is 32.1 Å². The zero-order valence-electron chi connectivity index (χ0n) is 8.36. The first-order chi connectivity index (χ1) is 6.68. The molecule has 0 atom stereocenters. The molecule has 2 N–H and O–H groups in total. The van der Waals surface area contributed by atoms with Gasteiger partial charge in [0.1, 0.15) is 0 Å². The van der Waals surface area contributed by atoms with Gasteiger partial charge in [-0.25, -0.2) is 0 Å². The fourth-order valence-electron chi connectivity index (χ4n) is 1.34. The van der Waals surface area contributed by atoms with Crippen LogP contribution in [-0.2, 0) is 11.3 Å². The van der Waals surface area contributed by atoms with Crippen molar-refractivity contribution in [2.75, 3.05) is 13.6 Å². The van der Waals surface area contributed by atoms with Gasteiger partial charge in [0.25, 0.3) is 0 Å². The summed E-state index contributed by atoms with van der Waals surface area (Å²) in [5.41, 5.74) is 1.16. The second-order valence-electron chi connectivity index (χ2n) is 3.43. The number of nitrogens with one attached hydrogen (secondary N) is 1. The lowest BCUT2D eigenvalue weighted by molar-refractivity contribution is -0.137. The lowest BCUT2D eigenvalue weighted by Crippen LogP contribution is -2.19. The van der Waals surface area contributed by atoms with E-state index in [1.54, 1.807) is 0 Å². The molecule has 0 fully saturated rings. The summed E-state index contributed by atoms with van der Waals surface area (Å²) in [6, 6.07) is 3.98. The molecule has 0 radical (unpaired) electrons. The van der Waals surface area contributed by atoms with E-state index in [0.717, 1.165) is 18.8 Å². The van der Waals surface area contributed by atoms with Crippen LogP contribution in [0.3, 0.4) is 0 Å². The normalized spacial score (nSPS) is 10.7. The van der Waals surface area contributed by atoms with Crippen molar-refractivity contribution in [2.24, 2.45) is 0 Å². The number of carboxylic acids is 1. The Hall–Kier alpha value is -1.29. The number of carbonyl (C=O) groups is 1. The zero-order valence-corrected chi connectivity index (χ0v) is 8.36. The molecule has 0 spiro atoms. The lowest BCUT2D eigenvalue weighted by Gasteiger charge is -2.14. The van der Waals surface area contributed by atoms with Crippen LogP contribution in [0.2, 0.25) is 0 Å². The summed E-state index contributed by atoms with van der Waals surface area (Å²) in [6.45, 7) is 1.65. The third kappa shape index (κ3) is 4.09. The maximum absolute atomic E-state index is 10.3. The van der Waals surface area contributed by atoms with Crippen LogP contribution in [0.1, 0.15) is 18.5 Å². The van der Waals surface area contributed by atoms with Gasteiger partial charge in [-0.15, -0.1) is 0 Å². The van der Waals surface area contributed by atoms with Gasteiger partial charge in [0.05, 0.1) is 0 Å². The van der Waals surface area contributed by atoms with E-state index in [9.17, 15) is 4.79 Å². The average molecular weight is 196 g/mol. The number of nitrogens with zero attached hydrogens (tertiary/aromatic N) is 1. The molecule has 78 valence electrons. The predicted octanol–water partition coefficient (Wildman–Crippen LogP) is 1.31. The summed E-state index contributed by atoms with van der Waals surface area (Å²) in [5, 5.41) is 8.46. The topological polar surface area (TPSA) is 56.3 Å². The Labute approximate surface area is 83.5 Å². The Morgan fingerprint density at radius 3 is 3.00 bits per heavy atom. The Morgan fingerprint density at radius 2 is 2.43 bits per heavy atom. The molecule has 14 heavy (non-hydrogen) atoms. The van der Waals surface area contributed by atoms with E-state index in [-0.39, 0.29) is 6.42 Å². The average Bonchev–Trinajstić information content (AvgIpc) is 2.56. The van der Waals surface area contributed by atoms with E-state index in [1.165, 1.54) is 0 Å². The van der Waals surface area contributed by atoms with Gasteiger partial charge in [0.15, 0.2) is 0 Å². The van der Waals surface area contributed by atoms with Gasteiger partial charge < -0.3 is 15.0 Å². The monoisotopic (exact) mass is 196 g/mol. The highest BCUT2D eigenvalue weighted by Crippen LogP contribution is 2.01. The van der Waals surface area contributed by atoms with Crippen LogP contribution in [0.15, 0.2) is 18.3 Å². The maximum atomic E-state index is 10.3. The third-order valence-corrected chi connectivity index (χ3v) is 2.03. The van der Waals surface area contributed by atoms with Crippen molar-refractivity contribution < 1.29 is 9.90 Å². The number of rotatable bonds is 6. The zero-order chi connectivity index (χ0) is 10.4. The van der Waals surface area contributed by atoms with Crippen molar-refractivity contribution in [1.29, 1.82) is 0 Å². The summed E-state index contributed by atoms with van der Waals surface area (Å²) in [4.78, 5) is 15.5. The molecule has 0 aliphatic rings. The van der Waals surface area contributed by atoms with Crippen molar-refractivity contribution in [2.45, 2.75) is 19.4 Å². The first kappa shape index (κ1) is 10.8. The number of H-pyrrole nitrogens is 1. The molecule has 1 aromatic heterocycles. The minimum atomic E-state index is -0.724. The minimum Gasteiger partial charge on any atom is -0.481 e. The molecule has 0 saturated carbocycles. The molecule has 4 nitrogen and oxygen atoms in total. The van der Waals surface area contributed by atoms with Gasteiger partial charge in [-0.3, -0.25) is 4.79 Å². The molecule has 0 amide bonds. The first-order valence-corrected chi connectivity index (χ1v) is 4.71. The third-order valence-electron chi connectivity index (χ3n) is 2.03. The lowest BCUT2D eigenvalue weighted by atomic mass is 10.3. The standard InChI is InChI=1S/C10H16N2O2/c1-12(7-3-5-10(13)14)8-9-4-2-6-11-9/h2,4,6,11H,3,5,7-8H2,1H3,(H,13,14). The van der Waals surface area contributed by atoms with Gasteiger partial charge >= 0.3 is 5.97 Å². The molecule has 0 unspecified atom stereocenters. The summed E-state index contributed by atoms with van der Waals surface area (Å²) >= 11 is 0. The first-order valence-electron chi connectivity index (χ1n) is 4.71. The molecule has 0 saturated heterocycles. The number of hydrogen-bond donors (Lipinski definition) is 2. The molecule has 0 bridgehead atoms. The van der Waals surface area contributed by atoms with E-state index in [0.29, 0.717) is 6.42 Å². The molecule has 1 aromatic rings. The van der Waals surface area contributed by atoms with Crippen molar-refractivity contribution >= 4 is 5.97 Å². The number of carboxylic acid groups (broad SMARTS) is 1. The quantitative estimate of drug-likeness (QED) is 0.721. The molecule has 0 aliphatic carbocycles. The van der Waals surface area contributed by atoms with Crippen LogP contribution in [0.25, 0.3) is 0 Å². The SMILES string of the molecule is CN(CCCC(=O)O)Cc1ccc[nH]1. The number of aromatic amines is 1. The molecule has 1 rings (SSSR count). The Morgan fingerprint density at radius 1 is 1.64 bits per heavy atom. The van der Waals surface area contributed by atoms with Gasteiger partial charge in [0.2, 0.25) is 0 Å². The van der Waals surface area contributed by atoms with Crippen molar-refractivity contribution in [1.82, 2.24) is 9.88 Å². The largest absolute Gasteiger partial charge is 0.481 e. The second-order valence-corrected chi connectivity index (χ2v) is 3.43. The van der Waals surface area contributed by atoms with Gasteiger partial charge in [0, 0.05) is 24.9 Å². The maximum Gasteiger partial charge on any atom is 0.303 e. The highest BCUT2D eigenvalue weighted by atomic mass is 16.4. The number of aromatic nitrogens is 1. The van der Waals surface area contributed by atoms with Gasteiger partial charge in [-0.1, -0.05) is 0 Å². The van der Waals surface area contributed by atoms with Crippen molar-refractivity contribution in [3.05, 3.63) is 24.0 Å². The van der Waals surface area contributed by atoms with Crippen LogP contribution >= 0.6 is 0 Å². The summed E-state index contributed by atoms with van der Waals surface area (Å²) in [6.07, 6.45) is 2.84. The number of hydrogen-bond acceptors (Lipinski definition) is 2. The van der Waals surface area contributed by atoms with Crippen LogP contribution < -0.4 is 0 Å². The Kier molecular flexibility index (Phi) is 4.19. The molecule has 0 aliphatic heterocycles. The second kappa shape index (κ2) is 5.44. The molecule has 1 heterocycles. The molecule has 0 aromatic carbocycles. The smallest absolute Gasteiger partial charge is 0.303 e. The Bertz CT molecular complexity index is 270. The molecular weight excluding hydrogens is 180 g/mol. The van der Waals surface area contributed by atoms with E-state index >= 15 is 0 Å². The van der Waals surface area contributed by atoms with E-state index in [2.05, 4.69) is 9.88 Å². The van der Waals surface area contributed by atoms with E-state index in [4.69, 9.17) is 5.11 Å². The van der Waals surface area contributed by atoms with Crippen LogP contribution in [0.4, 0.5) is 0 Å². The summed E-state index contributed by atoms with van der Waals surface area (Å²) in [7, 11) is 1.99. The van der Waals surface area contributed by atoms with Crippen molar-refractivity contribution in [3.8, 4) is 0 Å². The van der Waals surface area contributed by atoms with Crippen LogP contribution in [0.5, 0.6) is 0 Å². The molecule has 4 heteroatoms. The van der Waals surface area contributed by atoms with Crippen LogP contribution in [-0.4, -0.2) is 34.6 Å². The fraction of sp³-hybridized carbons (Fsp3) is 0.500. The predicted molar refractivity (Wildman–Crippen MR) is 54.0 cm³/mol. The van der Waals surface area contributed by atoms with E-state index < -0.39 is 5.97 Å². The summed E-state index contributed by atoms with van der Waals surface area (Å²) in [5.74, 6) is -0.724. The van der Waals surface area contributed by atoms with Crippen molar-refractivity contribution in [3.63, 3.8) is 0 Å². The highest BCUT2D eigenvalue weighted by Gasteiger charge is 2.02. The minimum absolute atomic E-state index is 0.245. The fourth-order valence-corrected chi connectivity index (χ4v) is 1.34. The summed E-state index contributed by atoms with van der Waals surface area (Å²) < 4.78 is 0. The highest BCUT2D eigenvalue weighted by molar-refractivity contribution is 5.66.